The maximum absolute atomic E-state index is 12.0. The Hall–Kier alpha value is -2.57. The van der Waals surface area contributed by atoms with Gasteiger partial charge in [-0.1, -0.05) is 35.5 Å². The van der Waals surface area contributed by atoms with Crippen LogP contribution in [0.4, 0.5) is 4.79 Å². The fourth-order valence-electron chi connectivity index (χ4n) is 1.91. The van der Waals surface area contributed by atoms with Crippen molar-refractivity contribution in [2.45, 2.75) is 38.8 Å². The Morgan fingerprint density at radius 3 is 2.59 bits per heavy atom. The lowest BCUT2D eigenvalue weighted by Gasteiger charge is -2.22. The summed E-state index contributed by atoms with van der Waals surface area (Å²) in [6.45, 7) is 5.32. The van der Waals surface area contributed by atoms with E-state index in [1.54, 1.807) is 20.8 Å². The minimum atomic E-state index is -0.668. The van der Waals surface area contributed by atoms with Gasteiger partial charge in [0, 0.05) is 6.42 Å². The first-order valence-electron chi connectivity index (χ1n) is 6.93. The van der Waals surface area contributed by atoms with Crippen LogP contribution in [-0.2, 0) is 11.2 Å². The van der Waals surface area contributed by atoms with E-state index in [9.17, 15) is 9.59 Å². The molecule has 1 heterocycles. The first-order chi connectivity index (χ1) is 10.3. The summed E-state index contributed by atoms with van der Waals surface area (Å²) in [4.78, 5) is 25.5. The third-order valence-electron chi connectivity index (χ3n) is 2.76. The molecule has 118 valence electrons. The van der Waals surface area contributed by atoms with Crippen molar-refractivity contribution < 1.29 is 14.1 Å². The van der Waals surface area contributed by atoms with E-state index >= 15 is 0 Å². The zero-order valence-corrected chi connectivity index (χ0v) is 12.8. The maximum Gasteiger partial charge on any atom is 0.438 e. The van der Waals surface area contributed by atoms with Gasteiger partial charge in [0.25, 0.3) is 0 Å². The van der Waals surface area contributed by atoms with Crippen LogP contribution < -0.4 is 11.1 Å². The molecule has 0 radical (unpaired) electrons. The van der Waals surface area contributed by atoms with Crippen LogP contribution in [0.1, 0.15) is 38.2 Å². The van der Waals surface area contributed by atoms with Crippen molar-refractivity contribution in [2.75, 3.05) is 0 Å². The molecule has 0 saturated heterocycles. The van der Waals surface area contributed by atoms with Crippen molar-refractivity contribution in [3.63, 3.8) is 0 Å². The van der Waals surface area contributed by atoms with Crippen molar-refractivity contribution in [1.29, 1.82) is 0 Å². The van der Waals surface area contributed by atoms with Crippen molar-refractivity contribution in [3.8, 4) is 0 Å². The van der Waals surface area contributed by atoms with E-state index < -0.39 is 23.5 Å². The van der Waals surface area contributed by atoms with E-state index in [0.717, 1.165) is 5.56 Å². The van der Waals surface area contributed by atoms with E-state index in [2.05, 4.69) is 20.0 Å². The number of carbonyl (C=O) groups excluding carboxylic acids is 1. The zero-order chi connectivity index (χ0) is 16.2. The highest BCUT2D eigenvalue weighted by Gasteiger charge is 2.23. The highest BCUT2D eigenvalue weighted by Crippen LogP contribution is 2.16. The minimum Gasteiger partial charge on any atom is -0.444 e. The van der Waals surface area contributed by atoms with Crippen LogP contribution in [0.2, 0.25) is 0 Å². The molecule has 0 bridgehead atoms. The van der Waals surface area contributed by atoms with Gasteiger partial charge >= 0.3 is 11.8 Å². The summed E-state index contributed by atoms with van der Waals surface area (Å²) in [5, 5.41) is 6.35. The summed E-state index contributed by atoms with van der Waals surface area (Å²) in [6.07, 6.45) is -0.139. The maximum atomic E-state index is 12.0. The highest BCUT2D eigenvalue weighted by molar-refractivity contribution is 5.68. The molecule has 1 atom stereocenters. The van der Waals surface area contributed by atoms with Crippen LogP contribution >= 0.6 is 0 Å². The van der Waals surface area contributed by atoms with Crippen LogP contribution in [0.25, 0.3) is 0 Å². The summed E-state index contributed by atoms with van der Waals surface area (Å²) in [7, 11) is 0. The number of nitrogens with zero attached hydrogens (tertiary/aromatic N) is 1. The van der Waals surface area contributed by atoms with Crippen molar-refractivity contribution in [2.24, 2.45) is 0 Å². The number of hydrogen-bond donors (Lipinski definition) is 2. The Labute approximate surface area is 127 Å². The van der Waals surface area contributed by atoms with Gasteiger partial charge in [-0.3, -0.25) is 9.51 Å². The molecule has 7 heteroatoms. The Kier molecular flexibility index (Phi) is 4.65. The molecule has 0 fully saturated rings. The van der Waals surface area contributed by atoms with Gasteiger partial charge in [-0.15, -0.1) is 0 Å². The molecule has 0 aliphatic heterocycles. The summed E-state index contributed by atoms with van der Waals surface area (Å²) < 4.78 is 9.75. The third-order valence-corrected chi connectivity index (χ3v) is 2.76. The Balaban J connectivity index is 2.15. The number of hydrogen-bond acceptors (Lipinski definition) is 5. The minimum absolute atomic E-state index is 0.250. The number of amides is 1. The molecule has 0 aliphatic carbocycles. The summed E-state index contributed by atoms with van der Waals surface area (Å²) in [5.74, 6) is -0.418. The Bertz CT molecular complexity index is 670. The lowest BCUT2D eigenvalue weighted by atomic mass is 10.1. The molecule has 2 rings (SSSR count). The van der Waals surface area contributed by atoms with Crippen LogP contribution in [-0.4, -0.2) is 21.8 Å². The largest absolute Gasteiger partial charge is 0.444 e. The van der Waals surface area contributed by atoms with E-state index in [-0.39, 0.29) is 5.82 Å². The lowest BCUT2D eigenvalue weighted by molar-refractivity contribution is 0.0500. The van der Waals surface area contributed by atoms with Crippen molar-refractivity contribution in [3.05, 3.63) is 52.3 Å². The molecule has 2 aromatic rings. The number of ether oxygens (including phenoxy) is 1. The van der Waals surface area contributed by atoms with Gasteiger partial charge < -0.3 is 10.1 Å². The molecule has 0 unspecified atom stereocenters. The summed E-state index contributed by atoms with van der Waals surface area (Å²) >= 11 is 0. The van der Waals surface area contributed by atoms with Gasteiger partial charge in [-0.05, 0) is 26.3 Å². The van der Waals surface area contributed by atoms with Crippen LogP contribution in [0.15, 0.2) is 39.6 Å². The first-order valence-corrected chi connectivity index (χ1v) is 6.93. The summed E-state index contributed by atoms with van der Waals surface area (Å²) in [6, 6.07) is 8.97. The molecule has 0 spiro atoms. The number of carbonyl (C=O) groups is 1. The number of alkyl carbamates (subject to hydrolysis) is 1. The smallest absolute Gasteiger partial charge is 0.438 e. The molecule has 1 aromatic heterocycles. The number of aromatic nitrogens is 2. The second kappa shape index (κ2) is 6.46. The number of rotatable bonds is 4. The molecule has 7 nitrogen and oxygen atoms in total. The Morgan fingerprint density at radius 2 is 2.05 bits per heavy atom. The quantitative estimate of drug-likeness (QED) is 0.902. The van der Waals surface area contributed by atoms with Gasteiger partial charge in [-0.25, -0.2) is 9.59 Å². The molecule has 1 amide bonds. The van der Waals surface area contributed by atoms with Crippen LogP contribution in [0.5, 0.6) is 0 Å². The number of benzene rings is 1. The molecule has 1 aromatic carbocycles. The van der Waals surface area contributed by atoms with Crippen molar-refractivity contribution >= 4 is 6.09 Å². The van der Waals surface area contributed by atoms with Crippen LogP contribution in [0, 0.1) is 0 Å². The average Bonchev–Trinajstić information content (AvgIpc) is 2.84. The second-order valence-electron chi connectivity index (χ2n) is 5.87. The molecule has 22 heavy (non-hydrogen) atoms. The summed E-state index contributed by atoms with van der Waals surface area (Å²) in [5.41, 5.74) is 0.367. The molecule has 2 N–H and O–H groups in total. The average molecular weight is 305 g/mol. The monoisotopic (exact) mass is 305 g/mol. The fraction of sp³-hybridized carbons (Fsp3) is 0.400. The molecular weight excluding hydrogens is 286 g/mol. The Morgan fingerprint density at radius 1 is 1.36 bits per heavy atom. The third kappa shape index (κ3) is 4.76. The normalized spacial score (nSPS) is 12.7. The van der Waals surface area contributed by atoms with E-state index in [1.165, 1.54) is 0 Å². The van der Waals surface area contributed by atoms with E-state index in [1.807, 2.05) is 30.3 Å². The predicted octanol–water partition coefficient (Wildman–Crippen LogP) is 2.17. The number of aromatic amines is 1. The second-order valence-corrected chi connectivity index (χ2v) is 5.87. The van der Waals surface area contributed by atoms with Gasteiger partial charge in [0.1, 0.15) is 5.60 Å². The first kappa shape index (κ1) is 15.8. The zero-order valence-electron chi connectivity index (χ0n) is 12.8. The molecular formula is C15H19N3O4. The lowest BCUT2D eigenvalue weighted by Crippen LogP contribution is -2.36. The molecule has 0 saturated carbocycles. The van der Waals surface area contributed by atoms with E-state index in [4.69, 9.17) is 4.74 Å². The topological polar surface area (TPSA) is 97.2 Å². The van der Waals surface area contributed by atoms with Crippen LogP contribution in [0.3, 0.4) is 0 Å². The fourth-order valence-corrected chi connectivity index (χ4v) is 1.91. The standard InChI is InChI=1S/C15H19N3O4/c1-15(2,3)21-13(19)16-11(12-17-14(20)22-18-12)9-10-7-5-4-6-8-10/h4-8,11H,9H2,1-3H3,(H,16,19)(H,17,18,20)/t11-/m0/s1. The van der Waals surface area contributed by atoms with Gasteiger partial charge in [-0.2, -0.15) is 0 Å². The predicted molar refractivity (Wildman–Crippen MR) is 79.4 cm³/mol. The highest BCUT2D eigenvalue weighted by atomic mass is 16.6. The van der Waals surface area contributed by atoms with Crippen molar-refractivity contribution in [1.82, 2.24) is 15.5 Å². The SMILES string of the molecule is CC(C)(C)OC(=O)N[C@@H](Cc1ccccc1)c1noc(=O)[nH]1. The van der Waals surface area contributed by atoms with Gasteiger partial charge in [0.15, 0.2) is 5.82 Å². The number of nitrogens with one attached hydrogen (secondary N) is 2. The van der Waals surface area contributed by atoms with E-state index in [0.29, 0.717) is 6.42 Å². The molecule has 0 aliphatic rings. The van der Waals surface area contributed by atoms with Gasteiger partial charge in [0.05, 0.1) is 6.04 Å². The number of H-pyrrole nitrogens is 1. The van der Waals surface area contributed by atoms with Gasteiger partial charge in [0.2, 0.25) is 0 Å².